The topological polar surface area (TPSA) is 65.0 Å². The molecular formula is C16H12O5. The molecule has 0 spiro atoms. The molecular weight excluding hydrogens is 272 g/mol. The lowest BCUT2D eigenvalue weighted by Gasteiger charge is -2.25. The number of esters is 1. The Labute approximate surface area is 120 Å². The molecule has 4 rings (SSSR count). The van der Waals surface area contributed by atoms with Gasteiger partial charge >= 0.3 is 5.97 Å². The van der Waals surface area contributed by atoms with Crippen LogP contribution in [0, 0.1) is 0 Å². The molecule has 5 heteroatoms. The molecule has 0 unspecified atom stereocenters. The summed E-state index contributed by atoms with van der Waals surface area (Å²) in [5.41, 5.74) is 1.84. The second-order valence-corrected chi connectivity index (χ2v) is 5.07. The molecule has 1 N–H and O–H groups in total. The zero-order chi connectivity index (χ0) is 14.4. The van der Waals surface area contributed by atoms with Crippen molar-refractivity contribution in [2.24, 2.45) is 0 Å². The maximum Gasteiger partial charge on any atom is 0.312 e. The number of aromatic hydroxyl groups is 1. The van der Waals surface area contributed by atoms with Gasteiger partial charge in [-0.05, 0) is 23.8 Å². The average molecular weight is 284 g/mol. The van der Waals surface area contributed by atoms with Crippen molar-refractivity contribution < 1.29 is 24.1 Å². The van der Waals surface area contributed by atoms with Gasteiger partial charge in [-0.3, -0.25) is 4.79 Å². The molecule has 2 aliphatic rings. The molecule has 2 aromatic rings. The van der Waals surface area contributed by atoms with E-state index in [4.69, 9.17) is 14.2 Å². The van der Waals surface area contributed by atoms with Crippen LogP contribution in [0.15, 0.2) is 36.4 Å². The molecule has 0 aromatic heterocycles. The molecule has 2 heterocycles. The highest BCUT2D eigenvalue weighted by molar-refractivity contribution is 5.78. The van der Waals surface area contributed by atoms with Gasteiger partial charge in [0.25, 0.3) is 0 Å². The Morgan fingerprint density at radius 3 is 2.48 bits per heavy atom. The summed E-state index contributed by atoms with van der Waals surface area (Å²) in [6.45, 7) is 0.177. The van der Waals surface area contributed by atoms with Gasteiger partial charge in [-0.2, -0.15) is 0 Å². The molecule has 2 aromatic carbocycles. The minimum Gasteiger partial charge on any atom is -0.508 e. The van der Waals surface area contributed by atoms with Crippen molar-refractivity contribution >= 4 is 5.97 Å². The number of phenolic OH excluding ortho intramolecular Hbond substituents is 1. The quantitative estimate of drug-likeness (QED) is 0.644. The summed E-state index contributed by atoms with van der Waals surface area (Å²) >= 11 is 0. The minimum absolute atomic E-state index is 0.114. The first-order valence-corrected chi connectivity index (χ1v) is 6.64. The fraction of sp³-hybridized carbons (Fsp3) is 0.188. The number of carbonyl (C=O) groups excluding carboxylic acids is 1. The van der Waals surface area contributed by atoms with Crippen LogP contribution in [0.2, 0.25) is 0 Å². The van der Waals surface area contributed by atoms with Crippen LogP contribution in [-0.2, 0) is 4.79 Å². The van der Waals surface area contributed by atoms with E-state index in [0.29, 0.717) is 17.2 Å². The van der Waals surface area contributed by atoms with Gasteiger partial charge in [-0.1, -0.05) is 12.1 Å². The van der Waals surface area contributed by atoms with Gasteiger partial charge in [0.05, 0.1) is 6.42 Å². The highest BCUT2D eigenvalue weighted by Crippen LogP contribution is 2.46. The number of hydrogen-bond acceptors (Lipinski definition) is 5. The predicted molar refractivity (Wildman–Crippen MR) is 72.8 cm³/mol. The molecule has 0 amide bonds. The van der Waals surface area contributed by atoms with E-state index in [1.165, 1.54) is 0 Å². The van der Waals surface area contributed by atoms with Crippen molar-refractivity contribution in [1.29, 1.82) is 0 Å². The highest BCUT2D eigenvalue weighted by Gasteiger charge is 2.31. The van der Waals surface area contributed by atoms with E-state index in [9.17, 15) is 9.90 Å². The van der Waals surface area contributed by atoms with Crippen molar-refractivity contribution in [2.75, 3.05) is 6.79 Å². The number of phenols is 1. The van der Waals surface area contributed by atoms with Crippen molar-refractivity contribution in [2.45, 2.75) is 12.3 Å². The zero-order valence-corrected chi connectivity index (χ0v) is 11.0. The van der Waals surface area contributed by atoms with Gasteiger partial charge in [0.15, 0.2) is 11.5 Å². The molecule has 0 bridgehead atoms. The third kappa shape index (κ3) is 1.98. The number of rotatable bonds is 1. The monoisotopic (exact) mass is 284 g/mol. The number of hydrogen-bond donors (Lipinski definition) is 1. The van der Waals surface area contributed by atoms with Crippen LogP contribution in [-0.4, -0.2) is 17.9 Å². The molecule has 0 radical (unpaired) electrons. The van der Waals surface area contributed by atoms with E-state index in [0.717, 1.165) is 11.1 Å². The standard InChI is InChI=1S/C16H12O5/c17-10-3-1-9(2-4-10)11-6-16(18)21-13-7-15-14(5-12(11)13)19-8-20-15/h1-5,7,11,17H,6,8H2/t11-/m0/s1. The minimum atomic E-state index is -0.278. The Balaban J connectivity index is 1.83. The van der Waals surface area contributed by atoms with Gasteiger partial charge < -0.3 is 19.3 Å². The summed E-state index contributed by atoms with van der Waals surface area (Å²) in [4.78, 5) is 11.8. The van der Waals surface area contributed by atoms with Crippen LogP contribution in [0.5, 0.6) is 23.0 Å². The summed E-state index contributed by atoms with van der Waals surface area (Å²) in [5, 5.41) is 9.40. The first-order valence-electron chi connectivity index (χ1n) is 6.64. The first-order chi connectivity index (χ1) is 10.2. The van der Waals surface area contributed by atoms with Gasteiger partial charge in [0.2, 0.25) is 6.79 Å². The SMILES string of the molecule is O=C1C[C@@H](c2ccc(O)cc2)c2cc3c(cc2O1)OCO3. The van der Waals surface area contributed by atoms with Crippen LogP contribution >= 0.6 is 0 Å². The Kier molecular flexibility index (Phi) is 2.54. The lowest BCUT2D eigenvalue weighted by molar-refractivity contribution is -0.135. The Morgan fingerprint density at radius 2 is 1.71 bits per heavy atom. The smallest absolute Gasteiger partial charge is 0.312 e. The van der Waals surface area contributed by atoms with E-state index >= 15 is 0 Å². The van der Waals surface area contributed by atoms with Crippen molar-refractivity contribution in [3.8, 4) is 23.0 Å². The number of carbonyl (C=O) groups is 1. The van der Waals surface area contributed by atoms with Gasteiger partial charge in [0.1, 0.15) is 11.5 Å². The average Bonchev–Trinajstić information content (AvgIpc) is 2.92. The second-order valence-electron chi connectivity index (χ2n) is 5.07. The van der Waals surface area contributed by atoms with Crippen molar-refractivity contribution in [3.63, 3.8) is 0 Å². The predicted octanol–water partition coefficient (Wildman–Crippen LogP) is 2.56. The van der Waals surface area contributed by atoms with Crippen molar-refractivity contribution in [3.05, 3.63) is 47.5 Å². The largest absolute Gasteiger partial charge is 0.508 e. The normalized spacial score (nSPS) is 19.0. The number of ether oxygens (including phenoxy) is 3. The van der Waals surface area contributed by atoms with E-state index in [2.05, 4.69) is 0 Å². The maximum atomic E-state index is 11.8. The van der Waals surface area contributed by atoms with Gasteiger partial charge in [0, 0.05) is 17.5 Å². The van der Waals surface area contributed by atoms with Crippen LogP contribution < -0.4 is 14.2 Å². The molecule has 2 aliphatic heterocycles. The fourth-order valence-corrected chi connectivity index (χ4v) is 2.74. The van der Waals surface area contributed by atoms with Gasteiger partial charge in [-0.25, -0.2) is 0 Å². The van der Waals surface area contributed by atoms with E-state index in [1.54, 1.807) is 18.2 Å². The lowest BCUT2D eigenvalue weighted by atomic mass is 9.86. The first kappa shape index (κ1) is 12.1. The molecule has 0 aliphatic carbocycles. The van der Waals surface area contributed by atoms with Crippen LogP contribution in [0.3, 0.4) is 0 Å². The Bertz CT molecular complexity index is 720. The van der Waals surface area contributed by atoms with Crippen LogP contribution in [0.25, 0.3) is 0 Å². The summed E-state index contributed by atoms with van der Waals surface area (Å²) < 4.78 is 16.0. The highest BCUT2D eigenvalue weighted by atomic mass is 16.7. The Hall–Kier alpha value is -2.69. The van der Waals surface area contributed by atoms with Gasteiger partial charge in [-0.15, -0.1) is 0 Å². The number of benzene rings is 2. The van der Waals surface area contributed by atoms with Crippen LogP contribution in [0.1, 0.15) is 23.5 Å². The molecule has 0 saturated heterocycles. The van der Waals surface area contributed by atoms with E-state index in [1.807, 2.05) is 18.2 Å². The summed E-state index contributed by atoms with van der Waals surface area (Å²) in [7, 11) is 0. The summed E-state index contributed by atoms with van der Waals surface area (Å²) in [5.74, 6) is 1.57. The van der Waals surface area contributed by atoms with Crippen molar-refractivity contribution in [1.82, 2.24) is 0 Å². The van der Waals surface area contributed by atoms with E-state index < -0.39 is 0 Å². The third-order valence-corrected chi connectivity index (χ3v) is 3.77. The fourth-order valence-electron chi connectivity index (χ4n) is 2.74. The molecule has 1 atom stereocenters. The second kappa shape index (κ2) is 4.41. The molecule has 0 saturated carbocycles. The molecule has 106 valence electrons. The maximum absolute atomic E-state index is 11.8. The third-order valence-electron chi connectivity index (χ3n) is 3.77. The molecule has 0 fully saturated rings. The summed E-state index contributed by atoms with van der Waals surface area (Å²) in [6, 6.07) is 10.4. The van der Waals surface area contributed by atoms with E-state index in [-0.39, 0.29) is 30.9 Å². The molecule has 5 nitrogen and oxygen atoms in total. The summed E-state index contributed by atoms with van der Waals surface area (Å²) in [6.07, 6.45) is 0.261. The Morgan fingerprint density at radius 1 is 1.00 bits per heavy atom. The zero-order valence-electron chi connectivity index (χ0n) is 11.0. The lowest BCUT2D eigenvalue weighted by Crippen LogP contribution is -2.20. The molecule has 21 heavy (non-hydrogen) atoms. The van der Waals surface area contributed by atoms with Crippen LogP contribution in [0.4, 0.5) is 0 Å². The number of fused-ring (bicyclic) bond motifs is 2.